The summed E-state index contributed by atoms with van der Waals surface area (Å²) in [4.78, 5) is 0. The van der Waals surface area contributed by atoms with E-state index in [1.165, 1.54) is 3.58 Å². The summed E-state index contributed by atoms with van der Waals surface area (Å²) in [7, 11) is 6.55. The van der Waals surface area contributed by atoms with Crippen molar-refractivity contribution in [2.45, 2.75) is 17.9 Å². The van der Waals surface area contributed by atoms with E-state index in [9.17, 15) is 0 Å². The van der Waals surface area contributed by atoms with Crippen LogP contribution in [0.15, 0.2) is 10.2 Å². The van der Waals surface area contributed by atoms with Crippen LogP contribution in [0.1, 0.15) is 13.8 Å². The van der Waals surface area contributed by atoms with Crippen molar-refractivity contribution < 1.29 is 25.7 Å². The number of alkyl halides is 1. The molecular formula is C10H23IN2. The molecule has 1 atom stereocenters. The zero-order valence-corrected chi connectivity index (χ0v) is 11.6. The SMILES string of the molecule is C=C([I-]C(N)C[N+](C)(C)C)C(C)C. The molecule has 80 valence electrons. The van der Waals surface area contributed by atoms with Gasteiger partial charge in [-0.15, -0.1) is 0 Å². The second-order valence-electron chi connectivity index (χ2n) is 4.70. The normalized spacial score (nSPS) is 15.0. The zero-order chi connectivity index (χ0) is 10.6. The van der Waals surface area contributed by atoms with Crippen molar-refractivity contribution in [3.05, 3.63) is 10.2 Å². The van der Waals surface area contributed by atoms with E-state index in [4.69, 9.17) is 5.73 Å². The fourth-order valence-corrected chi connectivity index (χ4v) is 3.99. The van der Waals surface area contributed by atoms with E-state index < -0.39 is 0 Å². The Morgan fingerprint density at radius 3 is 2.15 bits per heavy atom. The molecule has 2 nitrogen and oxygen atoms in total. The summed E-state index contributed by atoms with van der Waals surface area (Å²) in [5.74, 6) is 0.603. The van der Waals surface area contributed by atoms with Crippen LogP contribution in [0.4, 0.5) is 0 Å². The Balaban J connectivity index is 3.88. The predicted octanol–water partition coefficient (Wildman–Crippen LogP) is -1.76. The molecule has 13 heavy (non-hydrogen) atoms. The van der Waals surface area contributed by atoms with Gasteiger partial charge in [-0.25, -0.2) is 0 Å². The van der Waals surface area contributed by atoms with Gasteiger partial charge in [-0.3, -0.25) is 0 Å². The fraction of sp³-hybridized carbons (Fsp3) is 0.800. The Labute approximate surface area is 93.0 Å². The van der Waals surface area contributed by atoms with Gasteiger partial charge in [0, 0.05) is 0 Å². The average molecular weight is 298 g/mol. The number of quaternary nitrogens is 1. The van der Waals surface area contributed by atoms with E-state index in [2.05, 4.69) is 41.6 Å². The maximum atomic E-state index is 6.07. The van der Waals surface area contributed by atoms with E-state index in [1.54, 1.807) is 0 Å². The second-order valence-corrected chi connectivity index (χ2v) is 8.31. The summed E-state index contributed by atoms with van der Waals surface area (Å²) >= 11 is -0.0393. The topological polar surface area (TPSA) is 26.0 Å². The Hall–Kier alpha value is 0.390. The molecule has 0 heterocycles. The van der Waals surface area contributed by atoms with Gasteiger partial charge >= 0.3 is 93.1 Å². The van der Waals surface area contributed by atoms with Crippen molar-refractivity contribution in [3.8, 4) is 0 Å². The molecule has 0 bridgehead atoms. The van der Waals surface area contributed by atoms with E-state index in [1.807, 2.05) is 0 Å². The number of halogens is 1. The summed E-state index contributed by atoms with van der Waals surface area (Å²) < 4.78 is 2.68. The standard InChI is InChI=1S/C10H23IN2/c1-8(2)9(3)11-10(12)7-13(4,5)6/h8,10H,3,7,12H2,1-2,4-6H3. The fourth-order valence-electron chi connectivity index (χ4n) is 0.864. The quantitative estimate of drug-likeness (QED) is 0.277. The Morgan fingerprint density at radius 2 is 1.85 bits per heavy atom. The average Bonchev–Trinajstić information content (AvgIpc) is 1.81. The van der Waals surface area contributed by atoms with Crippen LogP contribution < -0.4 is 26.9 Å². The van der Waals surface area contributed by atoms with Crippen molar-refractivity contribution in [1.29, 1.82) is 0 Å². The minimum atomic E-state index is -0.0393. The molecule has 0 saturated heterocycles. The number of likely N-dealkylation sites (N-methyl/N-ethyl adjacent to an activating group) is 1. The summed E-state index contributed by atoms with van der Waals surface area (Å²) in [6.07, 6.45) is 0. The first-order chi connectivity index (χ1) is 5.72. The number of rotatable bonds is 5. The molecule has 0 aromatic rings. The molecule has 2 N–H and O–H groups in total. The number of hydrogen-bond donors (Lipinski definition) is 1. The van der Waals surface area contributed by atoms with E-state index in [0.29, 0.717) is 9.97 Å². The first kappa shape index (κ1) is 13.4. The molecule has 0 saturated carbocycles. The van der Waals surface area contributed by atoms with Gasteiger partial charge in [0.05, 0.1) is 0 Å². The molecule has 1 unspecified atom stereocenters. The molecule has 0 aromatic heterocycles. The number of nitrogens with two attached hydrogens (primary N) is 1. The van der Waals surface area contributed by atoms with Gasteiger partial charge in [-0.05, 0) is 0 Å². The summed E-state index contributed by atoms with van der Waals surface area (Å²) in [6, 6.07) is 0. The Bertz CT molecular complexity index is 170. The van der Waals surface area contributed by atoms with Crippen molar-refractivity contribution in [2.75, 3.05) is 27.7 Å². The number of nitrogens with zero attached hydrogens (tertiary/aromatic N) is 1. The molecule has 0 aromatic carbocycles. The molecule has 0 fully saturated rings. The van der Waals surface area contributed by atoms with Crippen LogP contribution in [0.3, 0.4) is 0 Å². The molecule has 0 rings (SSSR count). The number of allylic oxidation sites excluding steroid dienone is 1. The second kappa shape index (κ2) is 5.32. The van der Waals surface area contributed by atoms with Crippen molar-refractivity contribution in [3.63, 3.8) is 0 Å². The zero-order valence-electron chi connectivity index (χ0n) is 9.47. The first-order valence-corrected chi connectivity index (χ1v) is 6.93. The molecule has 0 amide bonds. The van der Waals surface area contributed by atoms with Crippen LogP contribution in [0, 0.1) is 5.92 Å². The third-order valence-corrected chi connectivity index (χ3v) is 4.87. The van der Waals surface area contributed by atoms with Gasteiger partial charge < -0.3 is 0 Å². The van der Waals surface area contributed by atoms with Gasteiger partial charge in [0.2, 0.25) is 0 Å². The van der Waals surface area contributed by atoms with Gasteiger partial charge in [-0.2, -0.15) is 0 Å². The predicted molar refractivity (Wildman–Crippen MR) is 54.9 cm³/mol. The monoisotopic (exact) mass is 298 g/mol. The molecular weight excluding hydrogens is 275 g/mol. The van der Waals surface area contributed by atoms with Gasteiger partial charge in [0.25, 0.3) is 0 Å². The van der Waals surface area contributed by atoms with E-state index >= 15 is 0 Å². The molecule has 0 aliphatic heterocycles. The van der Waals surface area contributed by atoms with E-state index in [-0.39, 0.29) is 21.2 Å². The molecule has 0 radical (unpaired) electrons. The third kappa shape index (κ3) is 7.46. The molecule has 3 heteroatoms. The van der Waals surface area contributed by atoms with E-state index in [0.717, 1.165) is 11.0 Å². The number of hydrogen-bond acceptors (Lipinski definition) is 1. The maximum absolute atomic E-state index is 6.07. The summed E-state index contributed by atoms with van der Waals surface area (Å²) in [5.41, 5.74) is 6.07. The summed E-state index contributed by atoms with van der Waals surface area (Å²) in [6.45, 7) is 9.53. The van der Waals surface area contributed by atoms with Crippen LogP contribution in [-0.2, 0) is 0 Å². The Morgan fingerprint density at radius 1 is 1.38 bits per heavy atom. The molecule has 0 aliphatic rings. The van der Waals surface area contributed by atoms with Gasteiger partial charge in [-0.1, -0.05) is 0 Å². The third-order valence-electron chi connectivity index (χ3n) is 1.63. The Kier molecular flexibility index (Phi) is 5.47. The van der Waals surface area contributed by atoms with Crippen LogP contribution in [-0.4, -0.2) is 36.2 Å². The van der Waals surface area contributed by atoms with Crippen LogP contribution in [0.25, 0.3) is 0 Å². The summed E-state index contributed by atoms with van der Waals surface area (Å²) in [5, 5.41) is 0. The van der Waals surface area contributed by atoms with Gasteiger partial charge in [0.1, 0.15) is 0 Å². The minimum absolute atomic E-state index is 0.0393. The van der Waals surface area contributed by atoms with Crippen molar-refractivity contribution in [1.82, 2.24) is 0 Å². The van der Waals surface area contributed by atoms with Crippen LogP contribution >= 0.6 is 0 Å². The van der Waals surface area contributed by atoms with Crippen molar-refractivity contribution >= 4 is 0 Å². The molecule has 0 spiro atoms. The van der Waals surface area contributed by atoms with Crippen LogP contribution in [0.5, 0.6) is 0 Å². The van der Waals surface area contributed by atoms with Crippen LogP contribution in [0.2, 0.25) is 0 Å². The van der Waals surface area contributed by atoms with Gasteiger partial charge in [0.15, 0.2) is 0 Å². The first-order valence-electron chi connectivity index (χ1n) is 4.60. The van der Waals surface area contributed by atoms with Crippen molar-refractivity contribution in [2.24, 2.45) is 11.7 Å². The molecule has 0 aliphatic carbocycles.